The van der Waals surface area contributed by atoms with E-state index in [1.807, 2.05) is 0 Å². The number of amides is 2. The Morgan fingerprint density at radius 1 is 1.44 bits per heavy atom. The minimum Gasteiger partial charge on any atom is -0.476 e. The van der Waals surface area contributed by atoms with E-state index in [0.29, 0.717) is 0 Å². The molecule has 0 spiro atoms. The zero-order valence-corrected chi connectivity index (χ0v) is 9.95. The van der Waals surface area contributed by atoms with Crippen LogP contribution in [0.25, 0.3) is 0 Å². The lowest BCUT2D eigenvalue weighted by Gasteiger charge is -2.10. The number of nitrogens with one attached hydrogen (secondary N) is 1. The summed E-state index contributed by atoms with van der Waals surface area (Å²) in [7, 11) is 3.15. The Morgan fingerprint density at radius 2 is 2.11 bits per heavy atom. The van der Waals surface area contributed by atoms with E-state index in [-0.39, 0.29) is 24.7 Å². The van der Waals surface area contributed by atoms with Crippen LogP contribution in [0.4, 0.5) is 0 Å². The molecule has 0 saturated carbocycles. The molecule has 0 aliphatic carbocycles. The third kappa shape index (κ3) is 3.85. The first-order valence-electron chi connectivity index (χ1n) is 5.00. The highest BCUT2D eigenvalue weighted by Gasteiger charge is 2.11. The van der Waals surface area contributed by atoms with Crippen molar-refractivity contribution in [2.24, 2.45) is 0 Å². The quantitative estimate of drug-likeness (QED) is 0.639. The summed E-state index contributed by atoms with van der Waals surface area (Å²) in [6, 6.07) is 0. The van der Waals surface area contributed by atoms with E-state index in [1.54, 1.807) is 14.1 Å². The van der Waals surface area contributed by atoms with Crippen molar-refractivity contribution in [3.05, 3.63) is 11.9 Å². The lowest BCUT2D eigenvalue weighted by molar-refractivity contribution is -0.131. The summed E-state index contributed by atoms with van der Waals surface area (Å²) in [5, 5.41) is 17.8. The molecule has 0 atom stereocenters. The van der Waals surface area contributed by atoms with Crippen LogP contribution in [0, 0.1) is 0 Å². The average molecular weight is 255 g/mol. The molecule has 1 rings (SSSR count). The molecule has 2 amide bonds. The van der Waals surface area contributed by atoms with Gasteiger partial charge in [-0.2, -0.15) is 0 Å². The van der Waals surface area contributed by atoms with Crippen molar-refractivity contribution in [1.29, 1.82) is 0 Å². The number of hydrogen-bond acceptors (Lipinski definition) is 5. The Kier molecular flexibility index (Phi) is 4.35. The SMILES string of the molecule is CN(C)C(=O)CNC(=O)Cn1cc(C(=O)O)nn1. The van der Waals surface area contributed by atoms with Crippen LogP contribution in [0.1, 0.15) is 10.5 Å². The molecule has 2 N–H and O–H groups in total. The molecule has 0 radical (unpaired) electrons. The molecule has 0 aliphatic heterocycles. The van der Waals surface area contributed by atoms with Crippen molar-refractivity contribution in [3.63, 3.8) is 0 Å². The second-order valence-electron chi connectivity index (χ2n) is 3.67. The summed E-state index contributed by atoms with van der Waals surface area (Å²) < 4.78 is 1.08. The highest BCUT2D eigenvalue weighted by atomic mass is 16.4. The Balaban J connectivity index is 2.44. The van der Waals surface area contributed by atoms with E-state index in [0.717, 1.165) is 10.9 Å². The van der Waals surface area contributed by atoms with Gasteiger partial charge < -0.3 is 15.3 Å². The molecular weight excluding hydrogens is 242 g/mol. The highest BCUT2D eigenvalue weighted by molar-refractivity contribution is 5.85. The fourth-order valence-electron chi connectivity index (χ4n) is 1.01. The summed E-state index contributed by atoms with van der Waals surface area (Å²) in [6.07, 6.45) is 1.13. The van der Waals surface area contributed by atoms with Crippen molar-refractivity contribution < 1.29 is 19.5 Å². The number of aromatic nitrogens is 3. The molecule has 9 nitrogen and oxygen atoms in total. The standard InChI is InChI=1S/C9H13N5O4/c1-13(2)8(16)3-10-7(15)5-14-4-6(9(17)18)11-12-14/h4H,3,5H2,1-2H3,(H,10,15)(H,17,18). The van der Waals surface area contributed by atoms with Gasteiger partial charge in [0.15, 0.2) is 5.69 Å². The van der Waals surface area contributed by atoms with Gasteiger partial charge in [0.1, 0.15) is 6.54 Å². The van der Waals surface area contributed by atoms with Crippen LogP contribution in [-0.2, 0) is 16.1 Å². The van der Waals surface area contributed by atoms with Crippen LogP contribution >= 0.6 is 0 Å². The smallest absolute Gasteiger partial charge is 0.358 e. The number of nitrogens with zero attached hydrogens (tertiary/aromatic N) is 4. The van der Waals surface area contributed by atoms with Gasteiger partial charge >= 0.3 is 5.97 Å². The van der Waals surface area contributed by atoms with Crippen LogP contribution in [0.2, 0.25) is 0 Å². The van der Waals surface area contributed by atoms with Gasteiger partial charge in [0.05, 0.1) is 12.7 Å². The van der Waals surface area contributed by atoms with Crippen LogP contribution < -0.4 is 5.32 Å². The summed E-state index contributed by atoms with van der Waals surface area (Å²) >= 11 is 0. The van der Waals surface area contributed by atoms with Crippen LogP contribution in [0.3, 0.4) is 0 Å². The number of carboxylic acids is 1. The fourth-order valence-corrected chi connectivity index (χ4v) is 1.01. The first-order chi connectivity index (χ1) is 8.40. The van der Waals surface area contributed by atoms with Gasteiger partial charge in [-0.3, -0.25) is 9.59 Å². The maximum absolute atomic E-state index is 11.4. The molecule has 9 heteroatoms. The summed E-state index contributed by atoms with van der Waals surface area (Å²) in [6.45, 7) is -0.312. The van der Waals surface area contributed by atoms with E-state index in [4.69, 9.17) is 5.11 Å². The van der Waals surface area contributed by atoms with E-state index in [1.165, 1.54) is 4.90 Å². The van der Waals surface area contributed by atoms with Gasteiger partial charge in [-0.05, 0) is 0 Å². The minimum absolute atomic E-state index is 0.119. The number of carboxylic acid groups (broad SMARTS) is 1. The number of carbonyl (C=O) groups is 3. The van der Waals surface area contributed by atoms with Gasteiger partial charge in [0.25, 0.3) is 0 Å². The number of hydrogen-bond donors (Lipinski definition) is 2. The molecular formula is C9H13N5O4. The second-order valence-corrected chi connectivity index (χ2v) is 3.67. The lowest BCUT2D eigenvalue weighted by Crippen LogP contribution is -2.37. The van der Waals surface area contributed by atoms with Gasteiger partial charge in [-0.1, -0.05) is 5.21 Å². The lowest BCUT2D eigenvalue weighted by atomic mass is 10.5. The molecule has 1 aromatic heterocycles. The number of carbonyl (C=O) groups excluding carboxylic acids is 2. The molecule has 0 aromatic carbocycles. The maximum Gasteiger partial charge on any atom is 0.358 e. The largest absolute Gasteiger partial charge is 0.476 e. The Morgan fingerprint density at radius 3 is 2.61 bits per heavy atom. The van der Waals surface area contributed by atoms with E-state index >= 15 is 0 Å². The predicted octanol–water partition coefficient (Wildman–Crippen LogP) is -1.82. The first-order valence-corrected chi connectivity index (χ1v) is 5.00. The number of likely N-dealkylation sites (N-methyl/N-ethyl adjacent to an activating group) is 1. The normalized spacial score (nSPS) is 9.89. The Bertz CT molecular complexity index is 467. The molecule has 1 aromatic rings. The predicted molar refractivity (Wildman–Crippen MR) is 58.7 cm³/mol. The van der Waals surface area contributed by atoms with Crippen molar-refractivity contribution in [3.8, 4) is 0 Å². The third-order valence-corrected chi connectivity index (χ3v) is 2.00. The van der Waals surface area contributed by atoms with E-state index in [9.17, 15) is 14.4 Å². The Labute approximate surface area is 102 Å². The van der Waals surface area contributed by atoms with E-state index < -0.39 is 11.9 Å². The molecule has 0 aliphatic rings. The van der Waals surface area contributed by atoms with Crippen molar-refractivity contribution >= 4 is 17.8 Å². The Hall–Kier alpha value is -2.45. The maximum atomic E-state index is 11.4. The highest BCUT2D eigenvalue weighted by Crippen LogP contribution is 1.92. The van der Waals surface area contributed by atoms with Gasteiger partial charge in [0, 0.05) is 14.1 Å². The third-order valence-electron chi connectivity index (χ3n) is 2.00. The molecule has 0 saturated heterocycles. The summed E-state index contributed by atoms with van der Waals surface area (Å²) in [5.74, 6) is -1.91. The van der Waals surface area contributed by atoms with Crippen molar-refractivity contribution in [2.45, 2.75) is 6.54 Å². The molecule has 98 valence electrons. The van der Waals surface area contributed by atoms with Crippen molar-refractivity contribution in [1.82, 2.24) is 25.2 Å². The summed E-state index contributed by atoms with van der Waals surface area (Å²) in [5.41, 5.74) is -0.243. The van der Waals surface area contributed by atoms with Crippen LogP contribution in [0.5, 0.6) is 0 Å². The zero-order chi connectivity index (χ0) is 13.7. The topological polar surface area (TPSA) is 117 Å². The fraction of sp³-hybridized carbons (Fsp3) is 0.444. The number of aromatic carboxylic acids is 1. The average Bonchev–Trinajstić information content (AvgIpc) is 2.74. The van der Waals surface area contributed by atoms with Crippen LogP contribution in [0.15, 0.2) is 6.20 Å². The van der Waals surface area contributed by atoms with Gasteiger partial charge in [0.2, 0.25) is 11.8 Å². The van der Waals surface area contributed by atoms with E-state index in [2.05, 4.69) is 15.6 Å². The monoisotopic (exact) mass is 255 g/mol. The van der Waals surface area contributed by atoms with Crippen LogP contribution in [-0.4, -0.2) is 63.4 Å². The molecule has 0 fully saturated rings. The van der Waals surface area contributed by atoms with Crippen molar-refractivity contribution in [2.75, 3.05) is 20.6 Å². The summed E-state index contributed by atoms with van der Waals surface area (Å²) in [4.78, 5) is 34.5. The van der Waals surface area contributed by atoms with Gasteiger partial charge in [-0.25, -0.2) is 9.48 Å². The molecule has 18 heavy (non-hydrogen) atoms. The molecule has 1 heterocycles. The first kappa shape index (κ1) is 13.6. The zero-order valence-electron chi connectivity index (χ0n) is 9.95. The minimum atomic E-state index is -1.22. The number of rotatable bonds is 5. The molecule has 0 unspecified atom stereocenters. The molecule has 0 bridgehead atoms. The second kappa shape index (κ2) is 5.75. The van der Waals surface area contributed by atoms with Gasteiger partial charge in [-0.15, -0.1) is 5.10 Å².